The topological polar surface area (TPSA) is 35.5 Å². The molecule has 114 valence electrons. The van der Waals surface area contributed by atoms with Crippen molar-refractivity contribution in [1.29, 1.82) is 0 Å². The van der Waals surface area contributed by atoms with E-state index < -0.39 is 0 Å². The van der Waals surface area contributed by atoms with Gasteiger partial charge in [-0.1, -0.05) is 29.8 Å². The van der Waals surface area contributed by atoms with E-state index in [1.165, 1.54) is 6.08 Å². The van der Waals surface area contributed by atoms with Crippen LogP contribution in [0.2, 0.25) is 5.02 Å². The Balaban J connectivity index is 2.20. The molecule has 0 aliphatic rings. The largest absolute Gasteiger partial charge is 0.496 e. The summed E-state index contributed by atoms with van der Waals surface area (Å²) in [6.45, 7) is 0.391. The monoisotopic (exact) mass is 316 g/mol. The van der Waals surface area contributed by atoms with E-state index in [1.54, 1.807) is 50.6 Å². The molecule has 0 aliphatic heterocycles. The summed E-state index contributed by atoms with van der Waals surface area (Å²) in [6, 6.07) is 12.6. The molecule has 0 bridgehead atoms. The lowest BCUT2D eigenvalue weighted by Gasteiger charge is -2.08. The van der Waals surface area contributed by atoms with E-state index in [1.807, 2.05) is 12.1 Å². The molecule has 0 heterocycles. The summed E-state index contributed by atoms with van der Waals surface area (Å²) in [4.78, 5) is 12.3. The van der Waals surface area contributed by atoms with Crippen LogP contribution in [0, 0.1) is 0 Å². The van der Waals surface area contributed by atoms with Crippen molar-refractivity contribution in [2.24, 2.45) is 0 Å². The highest BCUT2D eigenvalue weighted by atomic mass is 35.5. The molecule has 0 aromatic heterocycles. The summed E-state index contributed by atoms with van der Waals surface area (Å²) in [5, 5.41) is 0.640. The molecule has 0 aliphatic carbocycles. The third kappa shape index (κ3) is 4.20. The van der Waals surface area contributed by atoms with Crippen LogP contribution in [0.15, 0.2) is 48.5 Å². The number of rotatable bonds is 6. The Bertz CT molecular complexity index is 692. The Morgan fingerprint density at radius 3 is 2.68 bits per heavy atom. The Labute approximate surface area is 135 Å². The third-order valence-electron chi connectivity index (χ3n) is 3.14. The number of carbonyl (C=O) groups is 1. The van der Waals surface area contributed by atoms with Crippen molar-refractivity contribution in [2.45, 2.75) is 6.61 Å². The Hall–Kier alpha value is -2.10. The molecule has 2 aromatic rings. The first-order valence-electron chi connectivity index (χ1n) is 6.78. The normalized spacial score (nSPS) is 10.9. The van der Waals surface area contributed by atoms with Crippen molar-refractivity contribution in [3.8, 4) is 5.75 Å². The van der Waals surface area contributed by atoms with Gasteiger partial charge in [0.15, 0.2) is 5.78 Å². The Kier molecular flexibility index (Phi) is 5.75. The molecule has 0 radical (unpaired) electrons. The second-order valence-corrected chi connectivity index (χ2v) is 5.15. The fourth-order valence-corrected chi connectivity index (χ4v) is 2.28. The van der Waals surface area contributed by atoms with Crippen LogP contribution in [0.4, 0.5) is 0 Å². The molecule has 0 spiro atoms. The minimum absolute atomic E-state index is 0.0834. The lowest BCUT2D eigenvalue weighted by atomic mass is 10.1. The number of halogens is 1. The fraction of sp³-hybridized carbons (Fsp3) is 0.167. The van der Waals surface area contributed by atoms with Gasteiger partial charge in [-0.15, -0.1) is 0 Å². The van der Waals surface area contributed by atoms with E-state index in [4.69, 9.17) is 21.1 Å². The Morgan fingerprint density at radius 2 is 2.00 bits per heavy atom. The quantitative estimate of drug-likeness (QED) is 0.585. The van der Waals surface area contributed by atoms with Gasteiger partial charge in [0.05, 0.1) is 13.7 Å². The molecule has 0 N–H and O–H groups in total. The highest BCUT2D eigenvalue weighted by Gasteiger charge is 2.08. The molecule has 0 fully saturated rings. The van der Waals surface area contributed by atoms with E-state index in [0.717, 1.165) is 11.1 Å². The van der Waals surface area contributed by atoms with Crippen LogP contribution in [-0.4, -0.2) is 20.0 Å². The predicted octanol–water partition coefficient (Wildman–Crippen LogP) is 4.39. The molecule has 0 saturated heterocycles. The molecule has 2 rings (SSSR count). The van der Waals surface area contributed by atoms with E-state index in [0.29, 0.717) is 22.9 Å². The molecule has 0 unspecified atom stereocenters. The zero-order valence-corrected chi connectivity index (χ0v) is 13.3. The first kappa shape index (κ1) is 16.3. The molecular formula is C18H17ClO3. The fourth-order valence-electron chi connectivity index (χ4n) is 2.08. The zero-order chi connectivity index (χ0) is 15.9. The van der Waals surface area contributed by atoms with Gasteiger partial charge < -0.3 is 9.47 Å². The minimum atomic E-state index is -0.0834. The standard InChI is InChI=1S/C18H17ClO3/c1-21-12-15-11-14(7-9-18(15)22-2)17(20)8-6-13-4-3-5-16(19)10-13/h3-11H,12H2,1-2H3/b8-6+. The SMILES string of the molecule is COCc1cc(C(=O)/C=C/c2cccc(Cl)c2)ccc1OC. The van der Waals surface area contributed by atoms with Crippen molar-refractivity contribution >= 4 is 23.5 Å². The van der Waals surface area contributed by atoms with Gasteiger partial charge in [0.2, 0.25) is 0 Å². The molecule has 22 heavy (non-hydrogen) atoms. The molecule has 0 amide bonds. The van der Waals surface area contributed by atoms with Gasteiger partial charge >= 0.3 is 0 Å². The number of benzene rings is 2. The number of hydrogen-bond acceptors (Lipinski definition) is 3. The summed E-state index contributed by atoms with van der Waals surface area (Å²) in [7, 11) is 3.20. The van der Waals surface area contributed by atoms with Crippen LogP contribution in [0.1, 0.15) is 21.5 Å². The summed E-state index contributed by atoms with van der Waals surface area (Å²) >= 11 is 5.92. The van der Waals surface area contributed by atoms with Crippen molar-refractivity contribution in [3.05, 3.63) is 70.3 Å². The molecule has 3 nitrogen and oxygen atoms in total. The first-order valence-corrected chi connectivity index (χ1v) is 7.15. The first-order chi connectivity index (χ1) is 10.6. The minimum Gasteiger partial charge on any atom is -0.496 e. The number of allylic oxidation sites excluding steroid dienone is 1. The molecule has 0 atom stereocenters. The molecule has 4 heteroatoms. The number of ether oxygens (including phenoxy) is 2. The maximum Gasteiger partial charge on any atom is 0.185 e. The van der Waals surface area contributed by atoms with E-state index in [2.05, 4.69) is 0 Å². The summed E-state index contributed by atoms with van der Waals surface area (Å²) in [6.07, 6.45) is 3.28. The van der Waals surface area contributed by atoms with Gasteiger partial charge in [-0.05, 0) is 42.0 Å². The van der Waals surface area contributed by atoms with Gasteiger partial charge in [0.1, 0.15) is 5.75 Å². The average molecular weight is 317 g/mol. The van der Waals surface area contributed by atoms with Crippen LogP contribution in [0.5, 0.6) is 5.75 Å². The lowest BCUT2D eigenvalue weighted by molar-refractivity contribution is 0.104. The van der Waals surface area contributed by atoms with Gasteiger partial charge in [0.25, 0.3) is 0 Å². The van der Waals surface area contributed by atoms with Gasteiger partial charge in [0, 0.05) is 23.3 Å². The second-order valence-electron chi connectivity index (χ2n) is 4.71. The predicted molar refractivity (Wildman–Crippen MR) is 88.5 cm³/mol. The molecule has 2 aromatic carbocycles. The third-order valence-corrected chi connectivity index (χ3v) is 3.38. The number of hydrogen-bond donors (Lipinski definition) is 0. The maximum absolute atomic E-state index is 12.3. The number of carbonyl (C=O) groups excluding carboxylic acids is 1. The van der Waals surface area contributed by atoms with E-state index in [-0.39, 0.29) is 5.78 Å². The van der Waals surface area contributed by atoms with Gasteiger partial charge in [-0.25, -0.2) is 0 Å². The van der Waals surface area contributed by atoms with Crippen molar-refractivity contribution in [1.82, 2.24) is 0 Å². The Morgan fingerprint density at radius 1 is 1.18 bits per heavy atom. The zero-order valence-electron chi connectivity index (χ0n) is 12.5. The van der Waals surface area contributed by atoms with E-state index in [9.17, 15) is 4.79 Å². The maximum atomic E-state index is 12.3. The molecular weight excluding hydrogens is 300 g/mol. The van der Waals surface area contributed by atoms with Crippen LogP contribution in [0.3, 0.4) is 0 Å². The highest BCUT2D eigenvalue weighted by Crippen LogP contribution is 2.21. The summed E-state index contributed by atoms with van der Waals surface area (Å²) in [5.74, 6) is 0.622. The molecule has 0 saturated carbocycles. The lowest BCUT2D eigenvalue weighted by Crippen LogP contribution is -1.99. The van der Waals surface area contributed by atoms with E-state index >= 15 is 0 Å². The highest BCUT2D eigenvalue weighted by molar-refractivity contribution is 6.30. The second kappa shape index (κ2) is 7.78. The van der Waals surface area contributed by atoms with Crippen LogP contribution >= 0.6 is 11.6 Å². The van der Waals surface area contributed by atoms with Gasteiger partial charge in [-0.2, -0.15) is 0 Å². The summed E-state index contributed by atoms with van der Waals surface area (Å²) < 4.78 is 10.4. The van der Waals surface area contributed by atoms with Crippen molar-refractivity contribution < 1.29 is 14.3 Å². The smallest absolute Gasteiger partial charge is 0.185 e. The number of methoxy groups -OCH3 is 2. The van der Waals surface area contributed by atoms with Crippen LogP contribution in [-0.2, 0) is 11.3 Å². The average Bonchev–Trinajstić information content (AvgIpc) is 2.53. The van der Waals surface area contributed by atoms with Crippen molar-refractivity contribution in [2.75, 3.05) is 14.2 Å². The van der Waals surface area contributed by atoms with Crippen LogP contribution in [0.25, 0.3) is 6.08 Å². The number of ketones is 1. The van der Waals surface area contributed by atoms with Crippen LogP contribution < -0.4 is 4.74 Å². The summed E-state index contributed by atoms with van der Waals surface area (Å²) in [5.41, 5.74) is 2.31. The van der Waals surface area contributed by atoms with Crippen molar-refractivity contribution in [3.63, 3.8) is 0 Å². The van der Waals surface area contributed by atoms with Gasteiger partial charge in [-0.3, -0.25) is 4.79 Å².